The number of carboxylic acids is 1. The summed E-state index contributed by atoms with van der Waals surface area (Å²) in [6.07, 6.45) is 36.6. The number of nitrogens with zero attached hydrogens (tertiary/aromatic N) is 1. The second-order valence-corrected chi connectivity index (χ2v) is 16.0. The lowest BCUT2D eigenvalue weighted by atomic mass is 10.1. The first-order valence-electron chi connectivity index (χ1n) is 22.0. The summed E-state index contributed by atoms with van der Waals surface area (Å²) in [5.41, 5.74) is 0. The summed E-state index contributed by atoms with van der Waals surface area (Å²) in [6, 6.07) is 0. The van der Waals surface area contributed by atoms with Crippen LogP contribution in [0, 0.1) is 0 Å². The Kier molecular flexibility index (Phi) is 36.1. The number of hydrogen-bond acceptors (Lipinski definition) is 7. The van der Waals surface area contributed by atoms with Crippen molar-refractivity contribution < 1.29 is 42.9 Å². The van der Waals surface area contributed by atoms with Crippen LogP contribution >= 0.6 is 0 Å². The monoisotopic (exact) mass is 767 g/mol. The maximum atomic E-state index is 12.7. The highest BCUT2D eigenvalue weighted by atomic mass is 16.7. The van der Waals surface area contributed by atoms with Gasteiger partial charge in [-0.1, -0.05) is 134 Å². The third-order valence-corrected chi connectivity index (χ3v) is 9.43. The van der Waals surface area contributed by atoms with Gasteiger partial charge in [-0.15, -0.1) is 0 Å². The quantitative estimate of drug-likeness (QED) is 0.0216. The molecular weight excluding hydrogens is 682 g/mol. The lowest BCUT2D eigenvalue weighted by Crippen LogP contribution is -2.40. The molecule has 1 N–H and O–H groups in total. The zero-order valence-electron chi connectivity index (χ0n) is 35.6. The highest BCUT2D eigenvalue weighted by Gasteiger charge is 2.25. The van der Waals surface area contributed by atoms with E-state index >= 15 is 0 Å². The van der Waals surface area contributed by atoms with Crippen LogP contribution in [-0.2, 0) is 33.3 Å². The predicted octanol–water partition coefficient (Wildman–Crippen LogP) is 11.3. The maximum Gasteiger partial charge on any atom is 0.361 e. The summed E-state index contributed by atoms with van der Waals surface area (Å²) in [5, 5.41) is 9.62. The zero-order valence-corrected chi connectivity index (χ0v) is 35.6. The Morgan fingerprint density at radius 3 is 1.37 bits per heavy atom. The van der Waals surface area contributed by atoms with Crippen molar-refractivity contribution in [2.24, 2.45) is 0 Å². The molecular formula is C45H84NO8+. The average molecular weight is 767 g/mol. The van der Waals surface area contributed by atoms with E-state index < -0.39 is 24.3 Å². The smallest absolute Gasteiger partial charge is 0.361 e. The van der Waals surface area contributed by atoms with Crippen molar-refractivity contribution in [3.05, 3.63) is 24.3 Å². The van der Waals surface area contributed by atoms with Crippen molar-refractivity contribution in [3.63, 3.8) is 0 Å². The second kappa shape index (κ2) is 37.7. The van der Waals surface area contributed by atoms with Gasteiger partial charge in [-0.05, 0) is 64.2 Å². The van der Waals surface area contributed by atoms with Crippen LogP contribution in [0.2, 0.25) is 0 Å². The van der Waals surface area contributed by atoms with Crippen molar-refractivity contribution in [1.82, 2.24) is 0 Å². The molecule has 316 valence electrons. The molecule has 0 bridgehead atoms. The van der Waals surface area contributed by atoms with Gasteiger partial charge in [-0.3, -0.25) is 9.59 Å². The van der Waals surface area contributed by atoms with Gasteiger partial charge in [0.1, 0.15) is 13.2 Å². The molecule has 0 aromatic carbocycles. The molecule has 0 saturated heterocycles. The topological polar surface area (TPSA) is 108 Å². The van der Waals surface area contributed by atoms with E-state index in [0.717, 1.165) is 70.6 Å². The molecule has 0 rings (SSSR count). The molecule has 9 heteroatoms. The van der Waals surface area contributed by atoms with Crippen LogP contribution in [0.25, 0.3) is 0 Å². The van der Waals surface area contributed by atoms with E-state index in [-0.39, 0.29) is 32.2 Å². The summed E-state index contributed by atoms with van der Waals surface area (Å²) in [4.78, 5) is 37.0. The molecule has 0 fully saturated rings. The molecule has 2 atom stereocenters. The molecule has 9 nitrogen and oxygen atoms in total. The molecule has 0 aromatic rings. The number of carboxylic acid groups (broad SMARTS) is 1. The fourth-order valence-corrected chi connectivity index (χ4v) is 5.94. The molecule has 54 heavy (non-hydrogen) atoms. The van der Waals surface area contributed by atoms with Gasteiger partial charge in [0.15, 0.2) is 6.10 Å². The minimum atomic E-state index is -1.51. The number of allylic oxidation sites excluding steroid dienone is 4. The van der Waals surface area contributed by atoms with Crippen molar-refractivity contribution in [2.75, 3.05) is 47.5 Å². The molecule has 0 aliphatic carbocycles. The maximum absolute atomic E-state index is 12.7. The Labute approximate surface area is 331 Å². The minimum absolute atomic E-state index is 0.186. The summed E-state index contributed by atoms with van der Waals surface area (Å²) in [6.45, 7) is 4.83. The van der Waals surface area contributed by atoms with Crippen molar-refractivity contribution in [3.8, 4) is 0 Å². The molecule has 0 aliphatic rings. The SMILES string of the molecule is CCCCCCC/C=C\CCCCCCCC(=O)OCC(COC(OCC[N+](C)(C)C)C(=O)O)OC(=O)CCCCCCC/C=C\CCCCCCCC. The average Bonchev–Trinajstić information content (AvgIpc) is 3.12. The highest BCUT2D eigenvalue weighted by molar-refractivity contribution is 5.71. The minimum Gasteiger partial charge on any atom is -0.477 e. The van der Waals surface area contributed by atoms with E-state index in [1.165, 1.54) is 83.5 Å². The number of unbranched alkanes of at least 4 members (excludes halogenated alkanes) is 21. The Hall–Kier alpha value is -2.23. The highest BCUT2D eigenvalue weighted by Crippen LogP contribution is 2.13. The number of aliphatic carboxylic acids is 1. The van der Waals surface area contributed by atoms with Crippen LogP contribution in [-0.4, -0.2) is 87.4 Å². The van der Waals surface area contributed by atoms with Crippen molar-refractivity contribution in [1.29, 1.82) is 0 Å². The second-order valence-electron chi connectivity index (χ2n) is 16.0. The fourth-order valence-electron chi connectivity index (χ4n) is 5.94. The number of ether oxygens (including phenoxy) is 4. The van der Waals surface area contributed by atoms with Crippen molar-refractivity contribution >= 4 is 17.9 Å². The van der Waals surface area contributed by atoms with Crippen LogP contribution in [0.3, 0.4) is 0 Å². The number of hydrogen-bond donors (Lipinski definition) is 1. The van der Waals surface area contributed by atoms with Gasteiger partial charge >= 0.3 is 17.9 Å². The molecule has 0 amide bonds. The molecule has 0 aliphatic heterocycles. The van der Waals surface area contributed by atoms with Crippen LogP contribution < -0.4 is 0 Å². The standard InChI is InChI=1S/C45H83NO8/c1-6-8-10-12-14-16-18-20-22-24-26-28-30-32-34-36-43(48)54-41(40-53-45(44(49)50)51-38-37-46(3,4)5)39-52-42(47)35-33-31-29-27-25-23-21-19-17-15-13-11-9-7-2/h19-22,41,45H,6-18,23-40H2,1-5H3/p+1/b21-19-,22-20-. The van der Waals surface area contributed by atoms with Gasteiger partial charge in [0.25, 0.3) is 6.29 Å². The molecule has 0 aromatic heterocycles. The first-order chi connectivity index (χ1) is 26.1. The van der Waals surface area contributed by atoms with Gasteiger partial charge in [0.2, 0.25) is 0 Å². The Morgan fingerprint density at radius 1 is 0.537 bits per heavy atom. The molecule has 0 spiro atoms. The van der Waals surface area contributed by atoms with Gasteiger partial charge in [-0.2, -0.15) is 0 Å². The molecule has 0 heterocycles. The van der Waals surface area contributed by atoms with Crippen LogP contribution in [0.4, 0.5) is 0 Å². The fraction of sp³-hybridized carbons (Fsp3) is 0.844. The number of esters is 2. The normalized spacial score (nSPS) is 13.1. The molecule has 2 unspecified atom stereocenters. The number of rotatable bonds is 40. The van der Waals surface area contributed by atoms with Gasteiger partial charge in [0.05, 0.1) is 34.4 Å². The Morgan fingerprint density at radius 2 is 0.944 bits per heavy atom. The van der Waals surface area contributed by atoms with E-state index in [4.69, 9.17) is 18.9 Å². The Balaban J connectivity index is 4.48. The third-order valence-electron chi connectivity index (χ3n) is 9.43. The summed E-state index contributed by atoms with van der Waals surface area (Å²) in [7, 11) is 5.95. The van der Waals surface area contributed by atoms with E-state index in [1.54, 1.807) is 0 Å². The first-order valence-corrected chi connectivity index (χ1v) is 22.0. The van der Waals surface area contributed by atoms with E-state index in [2.05, 4.69) is 38.2 Å². The number of carbonyl (C=O) groups excluding carboxylic acids is 2. The number of likely N-dealkylation sites (N-methyl/N-ethyl adjacent to an activating group) is 1. The van der Waals surface area contributed by atoms with Crippen LogP contribution in [0.5, 0.6) is 0 Å². The Bertz CT molecular complexity index is 944. The lowest BCUT2D eigenvalue weighted by molar-refractivity contribution is -0.870. The van der Waals surface area contributed by atoms with Gasteiger partial charge in [0, 0.05) is 12.8 Å². The molecule has 0 saturated carbocycles. The number of quaternary nitrogens is 1. The van der Waals surface area contributed by atoms with Gasteiger partial charge < -0.3 is 28.5 Å². The summed E-state index contributed by atoms with van der Waals surface area (Å²) in [5.74, 6) is -2.03. The predicted molar refractivity (Wildman–Crippen MR) is 221 cm³/mol. The summed E-state index contributed by atoms with van der Waals surface area (Å²) < 4.78 is 22.7. The first kappa shape index (κ1) is 51.8. The van der Waals surface area contributed by atoms with Crippen molar-refractivity contribution in [2.45, 2.75) is 200 Å². The van der Waals surface area contributed by atoms with E-state index in [9.17, 15) is 19.5 Å². The largest absolute Gasteiger partial charge is 0.477 e. The van der Waals surface area contributed by atoms with Crippen LogP contribution in [0.1, 0.15) is 187 Å². The third kappa shape index (κ3) is 38.1. The summed E-state index contributed by atoms with van der Waals surface area (Å²) >= 11 is 0. The zero-order chi connectivity index (χ0) is 40.0. The lowest BCUT2D eigenvalue weighted by Gasteiger charge is -2.25. The number of carbonyl (C=O) groups is 3. The van der Waals surface area contributed by atoms with Gasteiger partial charge in [-0.25, -0.2) is 4.79 Å². The van der Waals surface area contributed by atoms with E-state index in [1.807, 2.05) is 21.1 Å². The molecule has 0 radical (unpaired) electrons. The van der Waals surface area contributed by atoms with E-state index in [0.29, 0.717) is 23.9 Å². The van der Waals surface area contributed by atoms with Crippen LogP contribution in [0.15, 0.2) is 24.3 Å².